The highest BCUT2D eigenvalue weighted by atomic mass is 16.5. The second-order valence-corrected chi connectivity index (χ2v) is 10.4. The average Bonchev–Trinajstić information content (AvgIpc) is 2.83. The summed E-state index contributed by atoms with van der Waals surface area (Å²) in [4.78, 5) is 25.1. The molecule has 4 fully saturated rings. The highest BCUT2D eigenvalue weighted by Crippen LogP contribution is 2.63. The molecular formula is C28H33NO6. The van der Waals surface area contributed by atoms with E-state index in [0.29, 0.717) is 42.3 Å². The lowest BCUT2D eigenvalue weighted by Gasteiger charge is -2.57. The lowest BCUT2D eigenvalue weighted by Crippen LogP contribution is -2.49. The van der Waals surface area contributed by atoms with Gasteiger partial charge in [0.2, 0.25) is 0 Å². The molecule has 7 heteroatoms. The van der Waals surface area contributed by atoms with Gasteiger partial charge in [-0.05, 0) is 80.5 Å². The first-order valence-electron chi connectivity index (χ1n) is 12.4. The zero-order valence-corrected chi connectivity index (χ0v) is 20.3. The Morgan fingerprint density at radius 2 is 1.60 bits per heavy atom. The van der Waals surface area contributed by atoms with Crippen molar-refractivity contribution in [1.29, 1.82) is 0 Å². The highest BCUT2D eigenvalue weighted by Gasteiger charge is 2.54. The standard InChI is InChI=1S/C28H33NO6/c1-33-9-10-35-23-8-7-21(26(30)29-22-6-4-3-5-20(22)27(31)32)25(34-2)24(23)28-14-17-11-18(15-28)13-19(12-17)16-28/h3-8,17-19H,9-16H2,1-2H3,(H,29,30)(H,31,32). The number of carbonyl (C=O) groups is 2. The highest BCUT2D eigenvalue weighted by molar-refractivity contribution is 6.09. The van der Waals surface area contributed by atoms with Gasteiger partial charge in [0, 0.05) is 18.1 Å². The molecule has 4 aliphatic carbocycles. The van der Waals surface area contributed by atoms with Crippen molar-refractivity contribution >= 4 is 17.6 Å². The van der Waals surface area contributed by atoms with E-state index < -0.39 is 11.9 Å². The van der Waals surface area contributed by atoms with Crippen molar-refractivity contribution in [3.63, 3.8) is 0 Å². The van der Waals surface area contributed by atoms with Gasteiger partial charge >= 0.3 is 5.97 Å². The van der Waals surface area contributed by atoms with Crippen molar-refractivity contribution < 1.29 is 28.9 Å². The summed E-state index contributed by atoms with van der Waals surface area (Å²) >= 11 is 0. The van der Waals surface area contributed by atoms with E-state index in [0.717, 1.165) is 30.6 Å². The topological polar surface area (TPSA) is 94.1 Å². The molecule has 0 unspecified atom stereocenters. The summed E-state index contributed by atoms with van der Waals surface area (Å²) in [5.41, 5.74) is 1.61. The minimum atomic E-state index is -1.09. The van der Waals surface area contributed by atoms with E-state index in [-0.39, 0.29) is 16.7 Å². The van der Waals surface area contributed by atoms with Gasteiger partial charge in [-0.3, -0.25) is 4.79 Å². The number of aromatic carboxylic acids is 1. The fraction of sp³-hybridized carbons (Fsp3) is 0.500. The van der Waals surface area contributed by atoms with Crippen LogP contribution < -0.4 is 14.8 Å². The van der Waals surface area contributed by atoms with Crippen molar-refractivity contribution in [2.45, 2.75) is 43.9 Å². The van der Waals surface area contributed by atoms with Gasteiger partial charge in [0.15, 0.2) is 0 Å². The normalized spacial score (nSPS) is 26.4. The predicted octanol–water partition coefficient (Wildman–Crippen LogP) is 5.14. The number of anilines is 1. The SMILES string of the molecule is COCCOc1ccc(C(=O)Nc2ccccc2C(=O)O)c(OC)c1C12CC3CC(CC(C3)C1)C2. The summed E-state index contributed by atoms with van der Waals surface area (Å²) in [5.74, 6) is 1.91. The van der Waals surface area contributed by atoms with Gasteiger partial charge in [0.05, 0.1) is 30.5 Å². The van der Waals surface area contributed by atoms with E-state index in [9.17, 15) is 14.7 Å². The van der Waals surface area contributed by atoms with Gasteiger partial charge < -0.3 is 24.6 Å². The number of para-hydroxylation sites is 1. The summed E-state index contributed by atoms with van der Waals surface area (Å²) in [6.45, 7) is 0.882. The van der Waals surface area contributed by atoms with E-state index in [4.69, 9.17) is 14.2 Å². The molecule has 2 N–H and O–H groups in total. The van der Waals surface area contributed by atoms with Crippen molar-refractivity contribution in [3.05, 3.63) is 53.1 Å². The molecule has 0 spiro atoms. The van der Waals surface area contributed by atoms with Crippen molar-refractivity contribution in [3.8, 4) is 11.5 Å². The largest absolute Gasteiger partial charge is 0.495 e. The van der Waals surface area contributed by atoms with Gasteiger partial charge in [-0.2, -0.15) is 0 Å². The third kappa shape index (κ3) is 4.38. The number of methoxy groups -OCH3 is 2. The van der Waals surface area contributed by atoms with Crippen LogP contribution in [-0.2, 0) is 10.2 Å². The van der Waals surface area contributed by atoms with Gasteiger partial charge in [-0.15, -0.1) is 0 Å². The first kappa shape index (κ1) is 23.7. The summed E-state index contributed by atoms with van der Waals surface area (Å²) < 4.78 is 17.4. The molecule has 4 saturated carbocycles. The summed E-state index contributed by atoms with van der Waals surface area (Å²) in [5, 5.41) is 12.3. The maximum absolute atomic E-state index is 13.5. The van der Waals surface area contributed by atoms with Crippen LogP contribution in [0.1, 0.15) is 64.8 Å². The summed E-state index contributed by atoms with van der Waals surface area (Å²) in [7, 11) is 3.24. The van der Waals surface area contributed by atoms with Crippen LogP contribution in [0.3, 0.4) is 0 Å². The van der Waals surface area contributed by atoms with E-state index in [1.807, 2.05) is 6.07 Å². The monoisotopic (exact) mass is 479 g/mol. The predicted molar refractivity (Wildman–Crippen MR) is 132 cm³/mol. The van der Waals surface area contributed by atoms with Crippen LogP contribution in [0.25, 0.3) is 0 Å². The van der Waals surface area contributed by atoms with E-state index in [1.54, 1.807) is 38.5 Å². The molecule has 0 saturated heterocycles. The third-order valence-corrected chi connectivity index (χ3v) is 8.09. The number of ether oxygens (including phenoxy) is 3. The van der Waals surface area contributed by atoms with Crippen LogP contribution >= 0.6 is 0 Å². The average molecular weight is 480 g/mol. The minimum absolute atomic E-state index is 0.0423. The Hall–Kier alpha value is -3.06. The fourth-order valence-electron chi connectivity index (χ4n) is 7.20. The van der Waals surface area contributed by atoms with Gasteiger partial charge in [-0.25, -0.2) is 4.79 Å². The molecule has 0 atom stereocenters. The maximum atomic E-state index is 13.5. The number of hydrogen-bond donors (Lipinski definition) is 2. The van der Waals surface area contributed by atoms with Crippen molar-refractivity contribution in [2.75, 3.05) is 32.8 Å². The number of carboxylic acids is 1. The van der Waals surface area contributed by atoms with Gasteiger partial charge in [0.1, 0.15) is 18.1 Å². The van der Waals surface area contributed by atoms with Crippen LogP contribution in [0.4, 0.5) is 5.69 Å². The molecule has 186 valence electrons. The molecule has 0 heterocycles. The molecule has 4 aliphatic rings. The molecule has 1 amide bonds. The van der Waals surface area contributed by atoms with Crippen LogP contribution in [0, 0.1) is 17.8 Å². The Kier molecular flexibility index (Phi) is 6.45. The minimum Gasteiger partial charge on any atom is -0.495 e. The Labute approximate surface area is 205 Å². The molecule has 6 rings (SSSR count). The number of amides is 1. The van der Waals surface area contributed by atoms with Gasteiger partial charge in [-0.1, -0.05) is 12.1 Å². The molecule has 7 nitrogen and oxygen atoms in total. The number of carbonyl (C=O) groups excluding carboxylic acids is 1. The number of rotatable bonds is 9. The van der Waals surface area contributed by atoms with E-state index >= 15 is 0 Å². The molecule has 2 aromatic carbocycles. The van der Waals surface area contributed by atoms with Gasteiger partial charge in [0.25, 0.3) is 5.91 Å². The number of carboxylic acid groups (broad SMARTS) is 1. The molecule has 35 heavy (non-hydrogen) atoms. The second-order valence-electron chi connectivity index (χ2n) is 10.4. The summed E-state index contributed by atoms with van der Waals surface area (Å²) in [6.07, 6.45) is 7.16. The van der Waals surface area contributed by atoms with Crippen LogP contribution in [-0.4, -0.2) is 44.4 Å². The fourth-order valence-corrected chi connectivity index (χ4v) is 7.20. The maximum Gasteiger partial charge on any atom is 0.337 e. The first-order chi connectivity index (χ1) is 16.9. The number of hydrogen-bond acceptors (Lipinski definition) is 5. The smallest absolute Gasteiger partial charge is 0.337 e. The van der Waals surface area contributed by atoms with Crippen LogP contribution in [0.5, 0.6) is 11.5 Å². The lowest BCUT2D eigenvalue weighted by atomic mass is 9.47. The Morgan fingerprint density at radius 1 is 0.943 bits per heavy atom. The van der Waals surface area contributed by atoms with E-state index in [2.05, 4.69) is 5.32 Å². The first-order valence-corrected chi connectivity index (χ1v) is 12.4. The molecule has 0 aromatic heterocycles. The molecular weight excluding hydrogens is 446 g/mol. The van der Waals surface area contributed by atoms with Crippen molar-refractivity contribution in [1.82, 2.24) is 0 Å². The molecule has 4 bridgehead atoms. The Balaban J connectivity index is 1.56. The Morgan fingerprint density at radius 3 is 2.20 bits per heavy atom. The lowest BCUT2D eigenvalue weighted by molar-refractivity contribution is -0.00765. The second kappa shape index (κ2) is 9.53. The Bertz CT molecular complexity index is 1090. The van der Waals surface area contributed by atoms with E-state index in [1.165, 1.54) is 25.3 Å². The zero-order valence-electron chi connectivity index (χ0n) is 20.3. The number of nitrogens with one attached hydrogen (secondary N) is 1. The third-order valence-electron chi connectivity index (χ3n) is 8.09. The summed E-state index contributed by atoms with van der Waals surface area (Å²) in [6, 6.07) is 9.98. The van der Waals surface area contributed by atoms with Crippen molar-refractivity contribution in [2.24, 2.45) is 17.8 Å². The van der Waals surface area contributed by atoms with Crippen LogP contribution in [0.15, 0.2) is 36.4 Å². The number of benzene rings is 2. The van der Waals surface area contributed by atoms with Crippen LogP contribution in [0.2, 0.25) is 0 Å². The molecule has 2 aromatic rings. The molecule has 0 aliphatic heterocycles. The quantitative estimate of drug-likeness (QED) is 0.484. The zero-order chi connectivity index (χ0) is 24.6. The molecule has 0 radical (unpaired) electrons.